The molecule has 2 N–H and O–H groups in total. The predicted octanol–water partition coefficient (Wildman–Crippen LogP) is 0.224. The first-order valence-electron chi connectivity index (χ1n) is 4.39. The SMILES string of the molecule is O=CCCCC(=O)On1c(O)ccc1O. The van der Waals surface area contributed by atoms with Gasteiger partial charge in [0, 0.05) is 25.0 Å². The highest BCUT2D eigenvalue weighted by Crippen LogP contribution is 2.18. The highest BCUT2D eigenvalue weighted by molar-refractivity contribution is 5.70. The van der Waals surface area contributed by atoms with Gasteiger partial charge in [0.1, 0.15) is 6.29 Å². The van der Waals surface area contributed by atoms with Gasteiger partial charge in [0.2, 0.25) is 11.8 Å². The molecule has 0 radical (unpaired) electrons. The maximum Gasteiger partial charge on any atom is 0.333 e. The van der Waals surface area contributed by atoms with Gasteiger partial charge in [0.25, 0.3) is 0 Å². The summed E-state index contributed by atoms with van der Waals surface area (Å²) in [6, 6.07) is 2.38. The van der Waals surface area contributed by atoms with Gasteiger partial charge in [-0.15, -0.1) is 4.73 Å². The van der Waals surface area contributed by atoms with E-state index in [9.17, 15) is 9.59 Å². The van der Waals surface area contributed by atoms with E-state index in [0.717, 1.165) is 0 Å². The van der Waals surface area contributed by atoms with Crippen molar-refractivity contribution in [1.82, 2.24) is 4.73 Å². The Kier molecular flexibility index (Phi) is 3.73. The average Bonchev–Trinajstić information content (AvgIpc) is 2.50. The first-order chi connectivity index (χ1) is 7.15. The normalized spacial score (nSPS) is 9.87. The molecule has 0 amide bonds. The third-order valence-corrected chi connectivity index (χ3v) is 1.69. The number of hydrogen-bond acceptors (Lipinski definition) is 5. The third kappa shape index (κ3) is 3.01. The maximum atomic E-state index is 11.1. The Bertz CT molecular complexity index is 338. The quantitative estimate of drug-likeness (QED) is 0.539. The highest BCUT2D eigenvalue weighted by atomic mass is 16.7. The number of aldehydes is 1. The second kappa shape index (κ2) is 5.04. The van der Waals surface area contributed by atoms with E-state index in [4.69, 9.17) is 10.2 Å². The molecule has 0 aromatic carbocycles. The molecule has 0 atom stereocenters. The average molecular weight is 213 g/mol. The lowest BCUT2D eigenvalue weighted by Gasteiger charge is -2.05. The van der Waals surface area contributed by atoms with Gasteiger partial charge in [-0.05, 0) is 6.42 Å². The van der Waals surface area contributed by atoms with Gasteiger partial charge in [-0.2, -0.15) is 0 Å². The molecule has 0 unspecified atom stereocenters. The van der Waals surface area contributed by atoms with E-state index in [0.29, 0.717) is 17.4 Å². The van der Waals surface area contributed by atoms with Crippen molar-refractivity contribution in [3.8, 4) is 11.8 Å². The highest BCUT2D eigenvalue weighted by Gasteiger charge is 2.11. The zero-order valence-electron chi connectivity index (χ0n) is 7.92. The van der Waals surface area contributed by atoms with Crippen LogP contribution in [0.25, 0.3) is 0 Å². The Balaban J connectivity index is 2.47. The second-order valence-corrected chi connectivity index (χ2v) is 2.87. The van der Waals surface area contributed by atoms with Crippen LogP contribution in [0.1, 0.15) is 19.3 Å². The molecule has 1 aromatic rings. The molecule has 0 bridgehead atoms. The molecule has 1 rings (SSSR count). The van der Waals surface area contributed by atoms with Crippen LogP contribution in [0.2, 0.25) is 0 Å². The van der Waals surface area contributed by atoms with E-state index in [1.165, 1.54) is 12.1 Å². The molecule has 1 heterocycles. The lowest BCUT2D eigenvalue weighted by molar-refractivity contribution is -0.145. The van der Waals surface area contributed by atoms with Crippen molar-refractivity contribution in [2.24, 2.45) is 0 Å². The van der Waals surface area contributed by atoms with E-state index in [1.54, 1.807) is 0 Å². The van der Waals surface area contributed by atoms with Crippen LogP contribution < -0.4 is 4.84 Å². The molecule has 0 fully saturated rings. The van der Waals surface area contributed by atoms with Crippen molar-refractivity contribution in [3.63, 3.8) is 0 Å². The van der Waals surface area contributed by atoms with Crippen LogP contribution in [0.3, 0.4) is 0 Å². The van der Waals surface area contributed by atoms with Gasteiger partial charge in [0.15, 0.2) is 0 Å². The minimum Gasteiger partial charge on any atom is -0.492 e. The molecule has 0 saturated heterocycles. The predicted molar refractivity (Wildman–Crippen MR) is 49.3 cm³/mol. The van der Waals surface area contributed by atoms with Crippen LogP contribution in [0.15, 0.2) is 12.1 Å². The number of aromatic hydroxyl groups is 2. The Morgan fingerprint density at radius 1 is 1.40 bits per heavy atom. The number of hydrogen-bond donors (Lipinski definition) is 2. The van der Waals surface area contributed by atoms with Crippen molar-refractivity contribution in [3.05, 3.63) is 12.1 Å². The zero-order valence-corrected chi connectivity index (χ0v) is 7.92. The van der Waals surface area contributed by atoms with Gasteiger partial charge >= 0.3 is 5.97 Å². The molecule has 15 heavy (non-hydrogen) atoms. The van der Waals surface area contributed by atoms with E-state index in [1.807, 2.05) is 0 Å². The Morgan fingerprint density at radius 3 is 2.53 bits per heavy atom. The largest absolute Gasteiger partial charge is 0.492 e. The van der Waals surface area contributed by atoms with Crippen LogP contribution in [-0.4, -0.2) is 27.2 Å². The van der Waals surface area contributed by atoms with Crippen molar-refractivity contribution in [1.29, 1.82) is 0 Å². The van der Waals surface area contributed by atoms with E-state index >= 15 is 0 Å². The second-order valence-electron chi connectivity index (χ2n) is 2.87. The smallest absolute Gasteiger partial charge is 0.333 e. The molecular formula is C9H11NO5. The zero-order chi connectivity index (χ0) is 11.3. The summed E-state index contributed by atoms with van der Waals surface area (Å²) in [4.78, 5) is 25.7. The molecule has 0 aliphatic rings. The molecule has 0 saturated carbocycles. The first kappa shape index (κ1) is 11.1. The van der Waals surface area contributed by atoms with Crippen LogP contribution >= 0.6 is 0 Å². The molecule has 0 spiro atoms. The fourth-order valence-electron chi connectivity index (χ4n) is 0.973. The summed E-state index contributed by atoms with van der Waals surface area (Å²) in [6.07, 6.45) is 1.41. The summed E-state index contributed by atoms with van der Waals surface area (Å²) in [5.74, 6) is -1.36. The molecule has 6 heteroatoms. The van der Waals surface area contributed by atoms with Crippen LogP contribution in [0, 0.1) is 0 Å². The number of carbonyl (C=O) groups excluding carboxylic acids is 2. The minimum absolute atomic E-state index is 0.0514. The summed E-state index contributed by atoms with van der Waals surface area (Å²) in [6.45, 7) is 0. The number of aromatic nitrogens is 1. The van der Waals surface area contributed by atoms with E-state index in [2.05, 4.69) is 4.84 Å². The summed E-state index contributed by atoms with van der Waals surface area (Å²) in [5, 5.41) is 18.2. The van der Waals surface area contributed by atoms with Crippen molar-refractivity contribution in [2.75, 3.05) is 0 Å². The Morgan fingerprint density at radius 2 is 2.00 bits per heavy atom. The van der Waals surface area contributed by atoms with Crippen molar-refractivity contribution < 1.29 is 24.6 Å². The maximum absolute atomic E-state index is 11.1. The van der Waals surface area contributed by atoms with Gasteiger partial charge in [-0.3, -0.25) is 0 Å². The fraction of sp³-hybridized carbons (Fsp3) is 0.333. The third-order valence-electron chi connectivity index (χ3n) is 1.69. The van der Waals surface area contributed by atoms with Gasteiger partial charge < -0.3 is 19.8 Å². The minimum atomic E-state index is -0.626. The van der Waals surface area contributed by atoms with Crippen LogP contribution in [0.5, 0.6) is 11.8 Å². The first-order valence-corrected chi connectivity index (χ1v) is 4.39. The number of nitrogens with zero attached hydrogens (tertiary/aromatic N) is 1. The Labute approximate surface area is 85.7 Å². The summed E-state index contributed by atoms with van der Waals surface area (Å²) < 4.78 is 0.614. The summed E-state index contributed by atoms with van der Waals surface area (Å²) in [5.41, 5.74) is 0. The summed E-state index contributed by atoms with van der Waals surface area (Å²) >= 11 is 0. The molecule has 1 aromatic heterocycles. The molecule has 6 nitrogen and oxygen atoms in total. The molecule has 82 valence electrons. The molecule has 0 aliphatic carbocycles. The van der Waals surface area contributed by atoms with E-state index in [-0.39, 0.29) is 24.6 Å². The van der Waals surface area contributed by atoms with Crippen LogP contribution in [-0.2, 0) is 9.59 Å². The Hall–Kier alpha value is -1.98. The molecular weight excluding hydrogens is 202 g/mol. The number of carbonyl (C=O) groups is 2. The topological polar surface area (TPSA) is 88.8 Å². The fourth-order valence-corrected chi connectivity index (χ4v) is 0.973. The number of unbranched alkanes of at least 4 members (excludes halogenated alkanes) is 1. The van der Waals surface area contributed by atoms with Gasteiger partial charge in [-0.1, -0.05) is 0 Å². The molecule has 0 aliphatic heterocycles. The van der Waals surface area contributed by atoms with Gasteiger partial charge in [0.05, 0.1) is 0 Å². The van der Waals surface area contributed by atoms with E-state index < -0.39 is 5.97 Å². The van der Waals surface area contributed by atoms with Gasteiger partial charge in [-0.25, -0.2) is 4.79 Å². The lowest BCUT2D eigenvalue weighted by Crippen LogP contribution is -2.18. The monoisotopic (exact) mass is 213 g/mol. The number of rotatable bonds is 5. The standard InChI is InChI=1S/C9H11NO5/c11-6-2-1-3-9(14)15-10-7(12)4-5-8(10)13/h4-6,12-13H,1-3H2. The summed E-state index contributed by atoms with van der Waals surface area (Å²) in [7, 11) is 0. The van der Waals surface area contributed by atoms with Crippen molar-refractivity contribution >= 4 is 12.3 Å². The van der Waals surface area contributed by atoms with Crippen LogP contribution in [0.4, 0.5) is 0 Å². The van der Waals surface area contributed by atoms with Crippen molar-refractivity contribution in [2.45, 2.75) is 19.3 Å². The lowest BCUT2D eigenvalue weighted by atomic mass is 10.2.